The second-order valence-electron chi connectivity index (χ2n) is 7.42. The molecule has 11 nitrogen and oxygen atoms in total. The van der Waals surface area contributed by atoms with Gasteiger partial charge in [0.15, 0.2) is 17.3 Å². The Balaban J connectivity index is 1.53. The number of imidazole rings is 1. The molecule has 1 atom stereocenters. The number of anilines is 2. The van der Waals surface area contributed by atoms with Gasteiger partial charge in [-0.1, -0.05) is 5.21 Å². The van der Waals surface area contributed by atoms with Gasteiger partial charge in [-0.25, -0.2) is 14.6 Å². The lowest BCUT2D eigenvalue weighted by molar-refractivity contribution is 0.198. The maximum Gasteiger partial charge on any atom is 0.183 e. The maximum atomic E-state index is 10.2. The van der Waals surface area contributed by atoms with E-state index in [0.717, 1.165) is 22.4 Å². The number of fused-ring (bicyclic) bond motifs is 1. The average Bonchev–Trinajstić information content (AvgIpc) is 3.47. The van der Waals surface area contributed by atoms with Crippen molar-refractivity contribution in [2.24, 2.45) is 0 Å². The van der Waals surface area contributed by atoms with Crippen molar-refractivity contribution >= 4 is 22.5 Å². The van der Waals surface area contributed by atoms with Crippen molar-refractivity contribution in [2.45, 2.75) is 20.0 Å². The van der Waals surface area contributed by atoms with Crippen molar-refractivity contribution < 1.29 is 5.11 Å². The molecule has 0 amide bonds. The summed E-state index contributed by atoms with van der Waals surface area (Å²) in [4.78, 5) is 9.19. The van der Waals surface area contributed by atoms with E-state index in [4.69, 9.17) is 5.26 Å². The summed E-state index contributed by atoms with van der Waals surface area (Å²) >= 11 is 0. The van der Waals surface area contributed by atoms with Gasteiger partial charge in [0, 0.05) is 11.3 Å². The first kappa shape index (κ1) is 20.2. The first-order valence-corrected chi connectivity index (χ1v) is 10.1. The summed E-state index contributed by atoms with van der Waals surface area (Å²) in [6, 6.07) is 15.0. The number of rotatable bonds is 5. The Labute approximate surface area is 188 Å². The van der Waals surface area contributed by atoms with E-state index in [1.54, 1.807) is 25.4 Å². The summed E-state index contributed by atoms with van der Waals surface area (Å²) < 4.78 is 3.22. The second-order valence-corrected chi connectivity index (χ2v) is 7.42. The van der Waals surface area contributed by atoms with Gasteiger partial charge in [0.1, 0.15) is 18.2 Å². The van der Waals surface area contributed by atoms with Crippen LogP contribution >= 0.6 is 0 Å². The molecule has 0 fully saturated rings. The number of aryl methyl sites for hydroxylation is 1. The number of aromatic nitrogens is 8. The Morgan fingerprint density at radius 2 is 1.97 bits per heavy atom. The molecule has 0 bridgehead atoms. The van der Waals surface area contributed by atoms with E-state index in [2.05, 4.69) is 35.8 Å². The first-order chi connectivity index (χ1) is 16.0. The molecule has 1 unspecified atom stereocenters. The lowest BCUT2D eigenvalue weighted by Crippen LogP contribution is -2.09. The topological polar surface area (TPSA) is 143 Å². The van der Waals surface area contributed by atoms with Gasteiger partial charge in [0.05, 0.1) is 29.0 Å². The minimum Gasteiger partial charge on any atom is -0.389 e. The highest BCUT2D eigenvalue weighted by Gasteiger charge is 2.16. The van der Waals surface area contributed by atoms with Crippen LogP contribution in [0.1, 0.15) is 30.0 Å². The number of hydrogen-bond acceptors (Lipinski definition) is 9. The zero-order chi connectivity index (χ0) is 22.9. The standard InChI is InChI=1S/C22H18N10O/c1-13-3-7-20(29-27-13)25-15-4-6-19-18(9-15)24-12-31(19)21-8-5-17(14(2)33)22(26-21)32-11-16(10-23)28-30-32/h3-9,11-12,14,33H,1-2H3,(H,25,29). The summed E-state index contributed by atoms with van der Waals surface area (Å²) in [6.07, 6.45) is 2.36. The van der Waals surface area contributed by atoms with Gasteiger partial charge >= 0.3 is 0 Å². The summed E-state index contributed by atoms with van der Waals surface area (Å²) in [7, 11) is 0. The molecule has 11 heteroatoms. The van der Waals surface area contributed by atoms with E-state index >= 15 is 0 Å². The fourth-order valence-corrected chi connectivity index (χ4v) is 3.40. The van der Waals surface area contributed by atoms with E-state index in [-0.39, 0.29) is 5.69 Å². The maximum absolute atomic E-state index is 10.2. The van der Waals surface area contributed by atoms with Gasteiger partial charge in [-0.15, -0.1) is 10.2 Å². The molecule has 1 aromatic carbocycles. The van der Waals surface area contributed by atoms with Gasteiger partial charge in [0.25, 0.3) is 0 Å². The highest BCUT2D eigenvalue weighted by molar-refractivity contribution is 5.82. The molecule has 33 heavy (non-hydrogen) atoms. The Kier molecular flexibility index (Phi) is 4.96. The van der Waals surface area contributed by atoms with Crippen LogP contribution in [0, 0.1) is 18.3 Å². The molecule has 0 aliphatic rings. The Hall–Kier alpha value is -4.69. The zero-order valence-electron chi connectivity index (χ0n) is 17.7. The number of pyridine rings is 1. The van der Waals surface area contributed by atoms with Crippen molar-refractivity contribution in [1.82, 2.24) is 39.7 Å². The highest BCUT2D eigenvalue weighted by Crippen LogP contribution is 2.25. The molecule has 2 N–H and O–H groups in total. The summed E-state index contributed by atoms with van der Waals surface area (Å²) in [5, 5.41) is 38.4. The van der Waals surface area contributed by atoms with Crippen molar-refractivity contribution in [2.75, 3.05) is 5.32 Å². The molecule has 5 aromatic rings. The van der Waals surface area contributed by atoms with Gasteiger partial charge in [0.2, 0.25) is 0 Å². The quantitative estimate of drug-likeness (QED) is 0.423. The number of nitriles is 1. The van der Waals surface area contributed by atoms with E-state index in [1.807, 2.05) is 47.9 Å². The molecule has 0 saturated carbocycles. The molecule has 162 valence electrons. The van der Waals surface area contributed by atoms with Crippen LogP contribution in [0.5, 0.6) is 0 Å². The van der Waals surface area contributed by atoms with Crippen LogP contribution in [0.15, 0.2) is 55.0 Å². The third-order valence-electron chi connectivity index (χ3n) is 5.03. The molecular weight excluding hydrogens is 420 g/mol. The van der Waals surface area contributed by atoms with Crippen LogP contribution in [0.3, 0.4) is 0 Å². The molecule has 0 radical (unpaired) electrons. The average molecular weight is 438 g/mol. The molecule has 4 aromatic heterocycles. The smallest absolute Gasteiger partial charge is 0.183 e. The van der Waals surface area contributed by atoms with Crippen LogP contribution in [0.25, 0.3) is 22.7 Å². The number of nitrogens with zero attached hydrogens (tertiary/aromatic N) is 9. The van der Waals surface area contributed by atoms with Crippen molar-refractivity contribution in [3.63, 3.8) is 0 Å². The fourth-order valence-electron chi connectivity index (χ4n) is 3.40. The van der Waals surface area contributed by atoms with Crippen LogP contribution in [0.2, 0.25) is 0 Å². The van der Waals surface area contributed by atoms with E-state index in [9.17, 15) is 5.11 Å². The number of aliphatic hydroxyl groups is 1. The van der Waals surface area contributed by atoms with Crippen molar-refractivity contribution in [1.29, 1.82) is 5.26 Å². The number of benzene rings is 1. The number of aliphatic hydroxyl groups excluding tert-OH is 1. The summed E-state index contributed by atoms with van der Waals surface area (Å²) in [6.45, 7) is 3.52. The monoisotopic (exact) mass is 438 g/mol. The van der Waals surface area contributed by atoms with Crippen molar-refractivity contribution in [3.8, 4) is 17.7 Å². The molecule has 5 rings (SSSR count). The lowest BCUT2D eigenvalue weighted by atomic mass is 10.1. The van der Waals surface area contributed by atoms with Crippen molar-refractivity contribution in [3.05, 3.63) is 71.9 Å². The number of hydrogen-bond donors (Lipinski definition) is 2. The largest absolute Gasteiger partial charge is 0.389 e. The lowest BCUT2D eigenvalue weighted by Gasteiger charge is -2.13. The molecule has 0 saturated heterocycles. The fraction of sp³-hybridized carbons (Fsp3) is 0.136. The van der Waals surface area contributed by atoms with E-state index < -0.39 is 6.10 Å². The Bertz CT molecular complexity index is 1490. The van der Waals surface area contributed by atoms with E-state index in [1.165, 1.54) is 10.9 Å². The second kappa shape index (κ2) is 8.10. The third-order valence-corrected chi connectivity index (χ3v) is 5.03. The van der Waals surface area contributed by atoms with Gasteiger partial charge in [-0.05, 0) is 56.3 Å². The molecule has 0 spiro atoms. The SMILES string of the molecule is Cc1ccc(Nc2ccc3c(c2)ncn3-c2ccc(C(C)O)c(-n3cc(C#N)nn3)n2)nn1. The predicted octanol–water partition coefficient (Wildman–Crippen LogP) is 2.77. The number of nitrogens with one attached hydrogen (secondary N) is 1. The van der Waals surface area contributed by atoms with Gasteiger partial charge < -0.3 is 10.4 Å². The molecule has 4 heterocycles. The first-order valence-electron chi connectivity index (χ1n) is 10.1. The Morgan fingerprint density at radius 3 is 2.70 bits per heavy atom. The van der Waals surface area contributed by atoms with Crippen LogP contribution in [-0.4, -0.2) is 44.8 Å². The summed E-state index contributed by atoms with van der Waals surface area (Å²) in [5.74, 6) is 1.61. The highest BCUT2D eigenvalue weighted by atomic mass is 16.3. The minimum absolute atomic E-state index is 0.158. The van der Waals surface area contributed by atoms with E-state index in [0.29, 0.717) is 23.0 Å². The van der Waals surface area contributed by atoms with Crippen LogP contribution in [-0.2, 0) is 0 Å². The molecule has 0 aliphatic carbocycles. The van der Waals surface area contributed by atoms with Gasteiger partial charge in [-0.2, -0.15) is 10.4 Å². The van der Waals surface area contributed by atoms with Crippen LogP contribution in [0.4, 0.5) is 11.5 Å². The zero-order valence-corrected chi connectivity index (χ0v) is 17.7. The Morgan fingerprint density at radius 1 is 1.09 bits per heavy atom. The molecule has 0 aliphatic heterocycles. The van der Waals surface area contributed by atoms with Crippen LogP contribution < -0.4 is 5.32 Å². The van der Waals surface area contributed by atoms with Gasteiger partial charge in [-0.3, -0.25) is 4.57 Å². The third kappa shape index (κ3) is 3.86. The minimum atomic E-state index is -0.783. The normalized spacial score (nSPS) is 11.9. The predicted molar refractivity (Wildman–Crippen MR) is 119 cm³/mol. The summed E-state index contributed by atoms with van der Waals surface area (Å²) in [5.41, 5.74) is 3.99. The molecular formula is C22H18N10O.